The SMILES string of the molecule is COc1cccc(OC)c1-c1ccc2c(c1)sc1c(N)ncnc12. The molecule has 0 unspecified atom stereocenters. The van der Waals surface area contributed by atoms with Crippen LogP contribution in [0.15, 0.2) is 42.7 Å². The van der Waals surface area contributed by atoms with E-state index in [4.69, 9.17) is 15.2 Å². The summed E-state index contributed by atoms with van der Waals surface area (Å²) in [4.78, 5) is 8.44. The lowest BCUT2D eigenvalue weighted by Crippen LogP contribution is -1.92. The molecule has 6 heteroatoms. The summed E-state index contributed by atoms with van der Waals surface area (Å²) in [6, 6.07) is 12.0. The molecule has 0 atom stereocenters. The molecule has 5 nitrogen and oxygen atoms in total. The summed E-state index contributed by atoms with van der Waals surface area (Å²) in [6.07, 6.45) is 1.50. The van der Waals surface area contributed by atoms with Crippen molar-refractivity contribution in [2.45, 2.75) is 0 Å². The van der Waals surface area contributed by atoms with Crippen molar-refractivity contribution in [2.24, 2.45) is 0 Å². The standard InChI is InChI=1S/C18H15N3O2S/c1-22-12-4-3-5-13(23-2)15(12)10-6-7-11-14(8-10)24-17-16(11)20-9-21-18(17)19/h3-9H,1-2H3,(H2,19,20,21). The number of nitrogens with zero attached hydrogens (tertiary/aromatic N) is 2. The number of nitrogen functional groups attached to an aromatic ring is 1. The molecule has 4 aromatic rings. The van der Waals surface area contributed by atoms with Crippen molar-refractivity contribution in [3.63, 3.8) is 0 Å². The van der Waals surface area contributed by atoms with Crippen LogP contribution >= 0.6 is 11.3 Å². The highest BCUT2D eigenvalue weighted by atomic mass is 32.1. The number of nitrogens with two attached hydrogens (primary N) is 1. The third-order valence-electron chi connectivity index (χ3n) is 4.00. The minimum absolute atomic E-state index is 0.512. The van der Waals surface area contributed by atoms with E-state index in [1.54, 1.807) is 25.6 Å². The van der Waals surface area contributed by atoms with Crippen LogP contribution in [-0.4, -0.2) is 24.2 Å². The summed E-state index contributed by atoms with van der Waals surface area (Å²) in [5.74, 6) is 2.06. The van der Waals surface area contributed by atoms with E-state index in [-0.39, 0.29) is 0 Å². The molecule has 0 aliphatic heterocycles. The summed E-state index contributed by atoms with van der Waals surface area (Å²) < 4.78 is 13.0. The van der Waals surface area contributed by atoms with Gasteiger partial charge in [0, 0.05) is 10.1 Å². The molecule has 0 saturated carbocycles. The first-order valence-electron chi connectivity index (χ1n) is 7.37. The van der Waals surface area contributed by atoms with Crippen LogP contribution in [0.3, 0.4) is 0 Å². The fourth-order valence-electron chi connectivity index (χ4n) is 2.88. The molecule has 0 radical (unpaired) electrons. The van der Waals surface area contributed by atoms with E-state index in [0.29, 0.717) is 5.82 Å². The van der Waals surface area contributed by atoms with Crippen molar-refractivity contribution in [1.29, 1.82) is 0 Å². The van der Waals surface area contributed by atoms with Gasteiger partial charge in [-0.25, -0.2) is 9.97 Å². The molecule has 2 N–H and O–H groups in total. The van der Waals surface area contributed by atoms with E-state index in [2.05, 4.69) is 22.1 Å². The number of anilines is 1. The van der Waals surface area contributed by atoms with E-state index in [1.165, 1.54) is 6.33 Å². The highest BCUT2D eigenvalue weighted by molar-refractivity contribution is 7.26. The van der Waals surface area contributed by atoms with Crippen molar-refractivity contribution in [3.8, 4) is 22.6 Å². The van der Waals surface area contributed by atoms with Crippen molar-refractivity contribution >= 4 is 37.5 Å². The Labute approximate surface area is 142 Å². The maximum atomic E-state index is 5.98. The van der Waals surface area contributed by atoms with Gasteiger partial charge in [0.05, 0.1) is 30.0 Å². The molecular formula is C18H15N3O2S. The molecule has 0 amide bonds. The molecule has 0 aliphatic carbocycles. The molecule has 120 valence electrons. The number of aromatic nitrogens is 2. The number of hydrogen-bond acceptors (Lipinski definition) is 6. The van der Waals surface area contributed by atoms with Gasteiger partial charge in [-0.05, 0) is 23.8 Å². The van der Waals surface area contributed by atoms with Crippen LogP contribution in [0.5, 0.6) is 11.5 Å². The Morgan fingerprint density at radius 1 is 1.00 bits per heavy atom. The lowest BCUT2D eigenvalue weighted by Gasteiger charge is -2.13. The Bertz CT molecular complexity index is 1040. The smallest absolute Gasteiger partial charge is 0.144 e. The number of hydrogen-bond donors (Lipinski definition) is 1. The molecule has 0 aliphatic rings. The van der Waals surface area contributed by atoms with Gasteiger partial charge >= 0.3 is 0 Å². The molecule has 24 heavy (non-hydrogen) atoms. The van der Waals surface area contributed by atoms with Gasteiger partial charge in [0.25, 0.3) is 0 Å². The second-order valence-corrected chi connectivity index (χ2v) is 6.34. The van der Waals surface area contributed by atoms with E-state index in [9.17, 15) is 0 Å². The van der Waals surface area contributed by atoms with Gasteiger partial charge < -0.3 is 15.2 Å². The lowest BCUT2D eigenvalue weighted by atomic mass is 10.0. The normalized spacial score (nSPS) is 11.1. The fourth-order valence-corrected chi connectivity index (χ4v) is 3.98. The second kappa shape index (κ2) is 5.65. The first-order chi connectivity index (χ1) is 11.7. The molecule has 0 bridgehead atoms. The molecular weight excluding hydrogens is 322 g/mol. The molecule has 2 heterocycles. The minimum atomic E-state index is 0.512. The monoisotopic (exact) mass is 337 g/mol. The van der Waals surface area contributed by atoms with Crippen molar-refractivity contribution < 1.29 is 9.47 Å². The second-order valence-electron chi connectivity index (χ2n) is 5.29. The van der Waals surface area contributed by atoms with Crippen LogP contribution in [-0.2, 0) is 0 Å². The van der Waals surface area contributed by atoms with Crippen LogP contribution in [0.1, 0.15) is 0 Å². The van der Waals surface area contributed by atoms with Crippen molar-refractivity contribution in [2.75, 3.05) is 20.0 Å². The topological polar surface area (TPSA) is 70.3 Å². The highest BCUT2D eigenvalue weighted by Crippen LogP contribution is 2.42. The fraction of sp³-hybridized carbons (Fsp3) is 0.111. The highest BCUT2D eigenvalue weighted by Gasteiger charge is 2.15. The van der Waals surface area contributed by atoms with Crippen LogP contribution in [0.2, 0.25) is 0 Å². The largest absolute Gasteiger partial charge is 0.496 e. The Hall–Kier alpha value is -2.86. The summed E-state index contributed by atoms with van der Waals surface area (Å²) in [5.41, 5.74) is 8.82. The van der Waals surface area contributed by atoms with Crippen molar-refractivity contribution in [3.05, 3.63) is 42.7 Å². The number of fused-ring (bicyclic) bond motifs is 3. The quantitative estimate of drug-likeness (QED) is 0.609. The molecule has 0 spiro atoms. The van der Waals surface area contributed by atoms with Gasteiger partial charge in [0.15, 0.2) is 0 Å². The van der Waals surface area contributed by atoms with Crippen LogP contribution in [0.25, 0.3) is 31.4 Å². The van der Waals surface area contributed by atoms with Crippen LogP contribution in [0, 0.1) is 0 Å². The maximum absolute atomic E-state index is 5.98. The Morgan fingerprint density at radius 3 is 2.46 bits per heavy atom. The zero-order valence-electron chi connectivity index (χ0n) is 13.2. The molecule has 0 fully saturated rings. The summed E-state index contributed by atoms with van der Waals surface area (Å²) in [5, 5.41) is 1.07. The average molecular weight is 337 g/mol. The van der Waals surface area contributed by atoms with Gasteiger partial charge in [-0.15, -0.1) is 11.3 Å². The number of ether oxygens (including phenoxy) is 2. The van der Waals surface area contributed by atoms with E-state index in [1.807, 2.05) is 24.3 Å². The van der Waals surface area contributed by atoms with Gasteiger partial charge in [0.2, 0.25) is 0 Å². The predicted octanol–water partition coefficient (Wildman–Crippen LogP) is 4.11. The summed E-state index contributed by atoms with van der Waals surface area (Å²) in [7, 11) is 3.32. The van der Waals surface area contributed by atoms with E-state index >= 15 is 0 Å². The predicted molar refractivity (Wildman–Crippen MR) is 97.9 cm³/mol. The van der Waals surface area contributed by atoms with Gasteiger partial charge in [-0.1, -0.05) is 18.2 Å². The molecule has 2 aromatic carbocycles. The number of rotatable bonds is 3. The number of thiophene rings is 1. The third kappa shape index (κ3) is 2.15. The molecule has 2 aromatic heterocycles. The molecule has 0 saturated heterocycles. The first kappa shape index (κ1) is 14.7. The zero-order chi connectivity index (χ0) is 16.7. The summed E-state index contributed by atoms with van der Waals surface area (Å²) >= 11 is 1.59. The Kier molecular flexibility index (Phi) is 3.46. The third-order valence-corrected chi connectivity index (χ3v) is 5.16. The minimum Gasteiger partial charge on any atom is -0.496 e. The van der Waals surface area contributed by atoms with Gasteiger partial charge in [0.1, 0.15) is 23.6 Å². The van der Waals surface area contributed by atoms with E-state index in [0.717, 1.165) is 42.9 Å². The van der Waals surface area contributed by atoms with Crippen LogP contribution < -0.4 is 15.2 Å². The zero-order valence-corrected chi connectivity index (χ0v) is 14.1. The van der Waals surface area contributed by atoms with Gasteiger partial charge in [-0.2, -0.15) is 0 Å². The van der Waals surface area contributed by atoms with Crippen LogP contribution in [0.4, 0.5) is 5.82 Å². The number of methoxy groups -OCH3 is 2. The Balaban J connectivity index is 1.99. The Morgan fingerprint density at radius 2 is 1.75 bits per heavy atom. The van der Waals surface area contributed by atoms with Gasteiger partial charge in [-0.3, -0.25) is 0 Å². The lowest BCUT2D eigenvalue weighted by molar-refractivity contribution is 0.397. The summed E-state index contributed by atoms with van der Waals surface area (Å²) in [6.45, 7) is 0. The number of benzene rings is 2. The first-order valence-corrected chi connectivity index (χ1v) is 8.18. The molecule has 4 rings (SSSR count). The van der Waals surface area contributed by atoms with Crippen molar-refractivity contribution in [1.82, 2.24) is 9.97 Å². The van der Waals surface area contributed by atoms with E-state index < -0.39 is 0 Å². The maximum Gasteiger partial charge on any atom is 0.144 e. The average Bonchev–Trinajstić information content (AvgIpc) is 3.00.